The van der Waals surface area contributed by atoms with Gasteiger partial charge in [-0.1, -0.05) is 41.4 Å². The summed E-state index contributed by atoms with van der Waals surface area (Å²) in [5.41, 5.74) is 2.76. The first-order valence-electron chi connectivity index (χ1n) is 8.67. The Balaban J connectivity index is 0.00000392. The zero-order valence-corrected chi connectivity index (χ0v) is 19.9. The molecular formula is C20H25Cl2IN4O. The van der Waals surface area contributed by atoms with Crippen LogP contribution in [0, 0.1) is 0 Å². The summed E-state index contributed by atoms with van der Waals surface area (Å²) >= 11 is 12.1. The van der Waals surface area contributed by atoms with Gasteiger partial charge in [0.25, 0.3) is 5.91 Å². The number of carbonyl (C=O) groups is 1. The van der Waals surface area contributed by atoms with Gasteiger partial charge in [-0.05, 0) is 48.7 Å². The third kappa shape index (κ3) is 7.14. The number of amides is 1. The van der Waals surface area contributed by atoms with Crippen molar-refractivity contribution in [3.05, 3.63) is 69.2 Å². The minimum atomic E-state index is -0.0854. The number of guanidine groups is 1. The summed E-state index contributed by atoms with van der Waals surface area (Å²) in [7, 11) is 3.35. The van der Waals surface area contributed by atoms with Crippen molar-refractivity contribution in [2.24, 2.45) is 4.99 Å². The summed E-state index contributed by atoms with van der Waals surface area (Å²) in [6.45, 7) is 2.71. The minimum Gasteiger partial charge on any atom is -0.356 e. The Morgan fingerprint density at radius 1 is 1.14 bits per heavy atom. The van der Waals surface area contributed by atoms with E-state index in [2.05, 4.69) is 20.9 Å². The highest BCUT2D eigenvalue weighted by atomic mass is 127. The fourth-order valence-corrected chi connectivity index (χ4v) is 2.91. The molecule has 3 N–H and O–H groups in total. The van der Waals surface area contributed by atoms with Gasteiger partial charge in [-0.3, -0.25) is 9.79 Å². The van der Waals surface area contributed by atoms with E-state index in [1.165, 1.54) is 0 Å². The summed E-state index contributed by atoms with van der Waals surface area (Å²) in [5.74, 6) is 0.605. The number of hydrogen-bond donors (Lipinski definition) is 3. The van der Waals surface area contributed by atoms with Gasteiger partial charge in [0.2, 0.25) is 0 Å². The minimum absolute atomic E-state index is 0. The standard InChI is InChI=1S/C20H24Cl2N4O.HI/c1-13(15-7-8-17(21)18(22)12-15)26-20(24-3)25-10-9-14-5-4-6-16(11-14)19(27)23-2;/h4-8,11-13H,9-10H2,1-3H3,(H,23,27)(H2,24,25,26);1H. The lowest BCUT2D eigenvalue weighted by Gasteiger charge is -2.19. The molecule has 0 bridgehead atoms. The Kier molecular flexibility index (Phi) is 10.6. The number of rotatable bonds is 6. The molecule has 28 heavy (non-hydrogen) atoms. The molecule has 2 aromatic rings. The maximum atomic E-state index is 11.7. The molecule has 1 atom stereocenters. The fourth-order valence-electron chi connectivity index (χ4n) is 2.60. The molecule has 0 fully saturated rings. The third-order valence-electron chi connectivity index (χ3n) is 4.14. The average Bonchev–Trinajstić information content (AvgIpc) is 2.68. The van der Waals surface area contributed by atoms with Crippen LogP contribution < -0.4 is 16.0 Å². The zero-order chi connectivity index (χ0) is 19.8. The number of halogens is 3. The largest absolute Gasteiger partial charge is 0.356 e. The van der Waals surface area contributed by atoms with Crippen LogP contribution in [0.15, 0.2) is 47.5 Å². The van der Waals surface area contributed by atoms with Crippen LogP contribution in [-0.2, 0) is 6.42 Å². The monoisotopic (exact) mass is 534 g/mol. The number of aliphatic imine (C=N–C) groups is 1. The van der Waals surface area contributed by atoms with Crippen molar-refractivity contribution in [2.45, 2.75) is 19.4 Å². The number of hydrogen-bond acceptors (Lipinski definition) is 2. The first-order valence-corrected chi connectivity index (χ1v) is 9.43. The molecule has 0 aliphatic carbocycles. The Hall–Kier alpha value is -1.51. The summed E-state index contributed by atoms with van der Waals surface area (Å²) < 4.78 is 0. The van der Waals surface area contributed by atoms with E-state index in [-0.39, 0.29) is 35.9 Å². The van der Waals surface area contributed by atoms with Crippen LogP contribution in [0.4, 0.5) is 0 Å². The molecule has 0 aliphatic rings. The third-order valence-corrected chi connectivity index (χ3v) is 4.88. The van der Waals surface area contributed by atoms with Crippen LogP contribution in [0.2, 0.25) is 10.0 Å². The predicted octanol–water partition coefficient (Wildman–Crippen LogP) is 4.44. The maximum Gasteiger partial charge on any atom is 0.251 e. The van der Waals surface area contributed by atoms with Crippen LogP contribution in [0.5, 0.6) is 0 Å². The van der Waals surface area contributed by atoms with E-state index in [1.807, 2.05) is 37.3 Å². The molecule has 5 nitrogen and oxygen atoms in total. The highest BCUT2D eigenvalue weighted by Crippen LogP contribution is 2.25. The Morgan fingerprint density at radius 2 is 1.89 bits per heavy atom. The van der Waals surface area contributed by atoms with Gasteiger partial charge in [0.15, 0.2) is 5.96 Å². The van der Waals surface area contributed by atoms with E-state index in [0.29, 0.717) is 28.1 Å². The zero-order valence-electron chi connectivity index (χ0n) is 16.1. The van der Waals surface area contributed by atoms with Crippen molar-refractivity contribution in [3.8, 4) is 0 Å². The van der Waals surface area contributed by atoms with Gasteiger partial charge in [0.05, 0.1) is 16.1 Å². The van der Waals surface area contributed by atoms with E-state index >= 15 is 0 Å². The summed E-state index contributed by atoms with van der Waals surface area (Å²) in [6, 6.07) is 13.2. The van der Waals surface area contributed by atoms with E-state index in [1.54, 1.807) is 26.2 Å². The lowest BCUT2D eigenvalue weighted by Crippen LogP contribution is -2.39. The summed E-state index contributed by atoms with van der Waals surface area (Å²) in [6.07, 6.45) is 0.771. The van der Waals surface area contributed by atoms with Crippen molar-refractivity contribution < 1.29 is 4.79 Å². The number of benzene rings is 2. The second-order valence-corrected chi connectivity index (χ2v) is 6.88. The van der Waals surface area contributed by atoms with Crippen LogP contribution in [0.1, 0.15) is 34.5 Å². The SMILES string of the molecule is CN=C(NCCc1cccc(C(=O)NC)c1)NC(C)c1ccc(Cl)c(Cl)c1.I. The predicted molar refractivity (Wildman–Crippen MR) is 128 cm³/mol. The topological polar surface area (TPSA) is 65.5 Å². The average molecular weight is 535 g/mol. The Morgan fingerprint density at radius 3 is 2.54 bits per heavy atom. The summed E-state index contributed by atoms with van der Waals surface area (Å²) in [4.78, 5) is 16.0. The van der Waals surface area contributed by atoms with Crippen LogP contribution >= 0.6 is 47.2 Å². The number of nitrogens with one attached hydrogen (secondary N) is 3. The number of carbonyl (C=O) groups excluding carboxylic acids is 1. The molecule has 0 aromatic heterocycles. The highest BCUT2D eigenvalue weighted by molar-refractivity contribution is 14.0. The first-order chi connectivity index (χ1) is 12.9. The van der Waals surface area contributed by atoms with Gasteiger partial charge in [0.1, 0.15) is 0 Å². The molecule has 0 saturated carbocycles. The van der Waals surface area contributed by atoms with Gasteiger partial charge in [-0.2, -0.15) is 0 Å². The lowest BCUT2D eigenvalue weighted by molar-refractivity contribution is 0.0963. The molecule has 2 aromatic carbocycles. The molecule has 0 saturated heterocycles. The van der Waals surface area contributed by atoms with Crippen LogP contribution in [0.25, 0.3) is 0 Å². The van der Waals surface area contributed by atoms with Crippen molar-refractivity contribution >= 4 is 59.0 Å². The first kappa shape index (κ1) is 24.5. The van der Waals surface area contributed by atoms with Gasteiger partial charge >= 0.3 is 0 Å². The van der Waals surface area contributed by atoms with Crippen molar-refractivity contribution in [1.82, 2.24) is 16.0 Å². The second-order valence-electron chi connectivity index (χ2n) is 6.07. The van der Waals surface area contributed by atoms with Crippen molar-refractivity contribution in [2.75, 3.05) is 20.6 Å². The van der Waals surface area contributed by atoms with E-state index in [9.17, 15) is 4.79 Å². The molecule has 1 unspecified atom stereocenters. The quantitative estimate of drug-likeness (QED) is 0.291. The molecule has 0 spiro atoms. The molecular weight excluding hydrogens is 510 g/mol. The van der Waals surface area contributed by atoms with Gasteiger partial charge < -0.3 is 16.0 Å². The molecule has 0 radical (unpaired) electrons. The molecule has 8 heteroatoms. The van der Waals surface area contributed by atoms with E-state index in [0.717, 1.165) is 17.5 Å². The molecule has 0 heterocycles. The van der Waals surface area contributed by atoms with Gasteiger partial charge in [-0.25, -0.2) is 0 Å². The highest BCUT2D eigenvalue weighted by Gasteiger charge is 2.10. The fraction of sp³-hybridized carbons (Fsp3) is 0.300. The van der Waals surface area contributed by atoms with Gasteiger partial charge in [0, 0.05) is 26.2 Å². The van der Waals surface area contributed by atoms with Crippen molar-refractivity contribution in [3.63, 3.8) is 0 Å². The summed E-state index contributed by atoms with van der Waals surface area (Å²) in [5, 5.41) is 10.3. The molecule has 152 valence electrons. The Bertz CT molecular complexity index is 830. The van der Waals surface area contributed by atoms with E-state index < -0.39 is 0 Å². The van der Waals surface area contributed by atoms with Gasteiger partial charge in [-0.15, -0.1) is 24.0 Å². The maximum absolute atomic E-state index is 11.7. The number of nitrogens with zero attached hydrogens (tertiary/aromatic N) is 1. The van der Waals surface area contributed by atoms with Crippen LogP contribution in [0.3, 0.4) is 0 Å². The van der Waals surface area contributed by atoms with Crippen LogP contribution in [-0.4, -0.2) is 32.5 Å². The lowest BCUT2D eigenvalue weighted by atomic mass is 10.1. The molecule has 2 rings (SSSR count). The molecule has 1 amide bonds. The molecule has 0 aliphatic heterocycles. The second kappa shape index (κ2) is 12.1. The van der Waals surface area contributed by atoms with E-state index in [4.69, 9.17) is 23.2 Å². The van der Waals surface area contributed by atoms with Crippen molar-refractivity contribution in [1.29, 1.82) is 0 Å². The Labute approximate surface area is 193 Å². The smallest absolute Gasteiger partial charge is 0.251 e. The normalized spacial score (nSPS) is 12.0.